The number of methoxy groups -OCH3 is 2. The van der Waals surface area contributed by atoms with E-state index >= 15 is 0 Å². The summed E-state index contributed by atoms with van der Waals surface area (Å²) in [5.74, 6) is 1.51. The first-order valence-electron chi connectivity index (χ1n) is 6.61. The van der Waals surface area contributed by atoms with Crippen LogP contribution < -0.4 is 9.47 Å². The van der Waals surface area contributed by atoms with E-state index in [2.05, 4.69) is 0 Å². The third-order valence-electron chi connectivity index (χ3n) is 2.63. The molecule has 0 saturated heterocycles. The number of esters is 1. The molecule has 0 spiro atoms. The molecule has 0 aliphatic rings. The Bertz CT molecular complexity index is 464. The van der Waals surface area contributed by atoms with Gasteiger partial charge in [-0.05, 0) is 29.7 Å². The minimum atomic E-state index is -0.169. The molecule has 1 rings (SSSR count). The third-order valence-corrected chi connectivity index (χ3v) is 2.63. The smallest absolute Gasteiger partial charge is 0.306 e. The minimum absolute atomic E-state index is 0.169. The van der Waals surface area contributed by atoms with Gasteiger partial charge in [-0.25, -0.2) is 0 Å². The van der Waals surface area contributed by atoms with Crippen LogP contribution in [0.1, 0.15) is 25.8 Å². The zero-order chi connectivity index (χ0) is 15.0. The number of hydrogen-bond acceptors (Lipinski definition) is 4. The summed E-state index contributed by atoms with van der Waals surface area (Å²) >= 11 is 0. The van der Waals surface area contributed by atoms with E-state index in [0.717, 1.165) is 5.56 Å². The van der Waals surface area contributed by atoms with Crippen molar-refractivity contribution in [3.63, 3.8) is 0 Å². The van der Waals surface area contributed by atoms with Crippen molar-refractivity contribution in [3.05, 3.63) is 29.8 Å². The van der Waals surface area contributed by atoms with Gasteiger partial charge < -0.3 is 14.2 Å². The Morgan fingerprint density at radius 1 is 1.20 bits per heavy atom. The Labute approximate surface area is 120 Å². The van der Waals surface area contributed by atoms with E-state index in [9.17, 15) is 4.79 Å². The molecule has 0 aliphatic heterocycles. The van der Waals surface area contributed by atoms with Gasteiger partial charge in [-0.15, -0.1) is 0 Å². The predicted octanol–water partition coefficient (Wildman–Crippen LogP) is 3.31. The molecule has 0 aromatic heterocycles. The molecule has 0 N–H and O–H groups in total. The maximum absolute atomic E-state index is 11.4. The van der Waals surface area contributed by atoms with Crippen molar-refractivity contribution in [2.75, 3.05) is 20.8 Å². The van der Waals surface area contributed by atoms with Crippen LogP contribution in [0.4, 0.5) is 0 Å². The topological polar surface area (TPSA) is 44.8 Å². The largest absolute Gasteiger partial charge is 0.493 e. The van der Waals surface area contributed by atoms with Crippen LogP contribution in [0.3, 0.4) is 0 Å². The van der Waals surface area contributed by atoms with Gasteiger partial charge in [0.25, 0.3) is 0 Å². The number of carbonyl (C=O) groups excluding carboxylic acids is 1. The van der Waals surface area contributed by atoms with Crippen molar-refractivity contribution in [1.82, 2.24) is 0 Å². The van der Waals surface area contributed by atoms with Gasteiger partial charge in [-0.1, -0.05) is 26.0 Å². The van der Waals surface area contributed by atoms with Crippen molar-refractivity contribution >= 4 is 12.0 Å². The van der Waals surface area contributed by atoms with Crippen LogP contribution >= 0.6 is 0 Å². The predicted molar refractivity (Wildman–Crippen MR) is 79.0 cm³/mol. The van der Waals surface area contributed by atoms with E-state index in [-0.39, 0.29) is 12.6 Å². The zero-order valence-electron chi connectivity index (χ0n) is 12.5. The van der Waals surface area contributed by atoms with Crippen LogP contribution in [-0.2, 0) is 9.53 Å². The number of rotatable bonds is 7. The highest BCUT2D eigenvalue weighted by molar-refractivity contribution is 5.69. The summed E-state index contributed by atoms with van der Waals surface area (Å²) in [4.78, 5) is 11.4. The van der Waals surface area contributed by atoms with Crippen molar-refractivity contribution in [1.29, 1.82) is 0 Å². The van der Waals surface area contributed by atoms with E-state index < -0.39 is 0 Å². The highest BCUT2D eigenvalue weighted by Gasteiger charge is 2.05. The summed E-state index contributed by atoms with van der Waals surface area (Å²) in [6, 6.07) is 5.61. The number of ether oxygens (including phenoxy) is 3. The van der Waals surface area contributed by atoms with E-state index in [1.165, 1.54) is 0 Å². The molecule has 4 heteroatoms. The molecule has 0 radical (unpaired) electrons. The molecule has 0 unspecified atom stereocenters. The Kier molecular flexibility index (Phi) is 6.64. The fraction of sp³-hybridized carbons (Fsp3) is 0.438. The standard InChI is InChI=1S/C16H22O4/c1-12(2)10-16(17)20-9-5-6-13-7-8-14(18-3)15(11-13)19-4/h5-8,11-12H,9-10H2,1-4H3. The van der Waals surface area contributed by atoms with E-state index in [0.29, 0.717) is 23.8 Å². The number of carbonyl (C=O) groups is 1. The van der Waals surface area contributed by atoms with Gasteiger partial charge in [0.15, 0.2) is 11.5 Å². The zero-order valence-corrected chi connectivity index (χ0v) is 12.5. The lowest BCUT2D eigenvalue weighted by Crippen LogP contribution is -2.07. The van der Waals surface area contributed by atoms with Crippen molar-refractivity contribution in [2.45, 2.75) is 20.3 Å². The first-order valence-corrected chi connectivity index (χ1v) is 6.61. The Hall–Kier alpha value is -1.97. The SMILES string of the molecule is COc1ccc(C=CCOC(=O)CC(C)C)cc1OC. The monoisotopic (exact) mass is 278 g/mol. The molecule has 0 amide bonds. The molecule has 0 aliphatic carbocycles. The average Bonchev–Trinajstić information content (AvgIpc) is 2.42. The molecule has 4 nitrogen and oxygen atoms in total. The number of hydrogen-bond donors (Lipinski definition) is 0. The molecule has 0 atom stereocenters. The van der Waals surface area contributed by atoms with E-state index in [1.807, 2.05) is 38.1 Å². The molecule has 1 aromatic rings. The van der Waals surface area contributed by atoms with Crippen LogP contribution in [0, 0.1) is 5.92 Å². The maximum Gasteiger partial charge on any atom is 0.306 e. The quantitative estimate of drug-likeness (QED) is 0.718. The van der Waals surface area contributed by atoms with Gasteiger partial charge in [0, 0.05) is 6.42 Å². The first-order chi connectivity index (χ1) is 9.56. The molecule has 1 aromatic carbocycles. The molecule has 0 fully saturated rings. The second-order valence-corrected chi connectivity index (χ2v) is 4.80. The molecule has 0 bridgehead atoms. The van der Waals surface area contributed by atoms with Gasteiger partial charge in [0.2, 0.25) is 0 Å². The second-order valence-electron chi connectivity index (χ2n) is 4.80. The molecular weight excluding hydrogens is 256 g/mol. The normalized spacial score (nSPS) is 10.8. The van der Waals surface area contributed by atoms with Gasteiger partial charge in [0.1, 0.15) is 6.61 Å². The van der Waals surface area contributed by atoms with Gasteiger partial charge >= 0.3 is 5.97 Å². The molecule has 0 heterocycles. The number of benzene rings is 1. The Morgan fingerprint density at radius 3 is 2.50 bits per heavy atom. The summed E-state index contributed by atoms with van der Waals surface area (Å²) in [6.45, 7) is 4.25. The first kappa shape index (κ1) is 16.1. The van der Waals surface area contributed by atoms with Gasteiger partial charge in [0.05, 0.1) is 14.2 Å². The minimum Gasteiger partial charge on any atom is -0.493 e. The summed E-state index contributed by atoms with van der Waals surface area (Å²) < 4.78 is 15.5. The highest BCUT2D eigenvalue weighted by atomic mass is 16.5. The summed E-state index contributed by atoms with van der Waals surface area (Å²) in [7, 11) is 3.20. The van der Waals surface area contributed by atoms with Gasteiger partial charge in [-0.2, -0.15) is 0 Å². The lowest BCUT2D eigenvalue weighted by molar-refractivity contribution is -0.143. The average molecular weight is 278 g/mol. The second kappa shape index (κ2) is 8.25. The Balaban J connectivity index is 2.52. The summed E-state index contributed by atoms with van der Waals surface area (Å²) in [6.07, 6.45) is 4.13. The van der Waals surface area contributed by atoms with Crippen molar-refractivity contribution in [2.24, 2.45) is 5.92 Å². The summed E-state index contributed by atoms with van der Waals surface area (Å²) in [5, 5.41) is 0. The fourth-order valence-electron chi connectivity index (χ4n) is 1.67. The Morgan fingerprint density at radius 2 is 1.90 bits per heavy atom. The molecule has 20 heavy (non-hydrogen) atoms. The van der Waals surface area contributed by atoms with Crippen molar-refractivity contribution in [3.8, 4) is 11.5 Å². The van der Waals surface area contributed by atoms with Crippen LogP contribution in [0.2, 0.25) is 0 Å². The molecule has 0 saturated carbocycles. The molecule has 110 valence electrons. The van der Waals surface area contributed by atoms with Gasteiger partial charge in [-0.3, -0.25) is 4.79 Å². The van der Waals surface area contributed by atoms with Crippen LogP contribution in [0.15, 0.2) is 24.3 Å². The summed E-state index contributed by atoms with van der Waals surface area (Å²) in [5.41, 5.74) is 0.961. The fourth-order valence-corrected chi connectivity index (χ4v) is 1.67. The van der Waals surface area contributed by atoms with Crippen LogP contribution in [0.25, 0.3) is 6.08 Å². The van der Waals surface area contributed by atoms with E-state index in [1.54, 1.807) is 20.3 Å². The van der Waals surface area contributed by atoms with Crippen molar-refractivity contribution < 1.29 is 19.0 Å². The lowest BCUT2D eigenvalue weighted by Gasteiger charge is -2.07. The van der Waals surface area contributed by atoms with E-state index in [4.69, 9.17) is 14.2 Å². The van der Waals surface area contributed by atoms with Crippen LogP contribution in [-0.4, -0.2) is 26.8 Å². The third kappa shape index (κ3) is 5.34. The molecular formula is C16H22O4. The maximum atomic E-state index is 11.4. The van der Waals surface area contributed by atoms with Crippen LogP contribution in [0.5, 0.6) is 11.5 Å². The highest BCUT2D eigenvalue weighted by Crippen LogP contribution is 2.27. The lowest BCUT2D eigenvalue weighted by atomic mass is 10.1.